The van der Waals surface area contributed by atoms with Gasteiger partial charge in [0.2, 0.25) is 0 Å². The van der Waals surface area contributed by atoms with Gasteiger partial charge in [-0.05, 0) is 0 Å². The summed E-state index contributed by atoms with van der Waals surface area (Å²) in [7, 11) is 0. The average Bonchev–Trinajstić information content (AvgIpc) is 2.35. The third kappa shape index (κ3) is 8.95. The van der Waals surface area contributed by atoms with Gasteiger partial charge in [-0.1, -0.05) is 0 Å². The van der Waals surface area contributed by atoms with Crippen LogP contribution in [0, 0.1) is 0 Å². The molecule has 8 N–H and O–H groups in total. The van der Waals surface area contributed by atoms with E-state index in [1.165, 1.54) is 0 Å². The van der Waals surface area contributed by atoms with Crippen molar-refractivity contribution in [1.29, 1.82) is 0 Å². The highest BCUT2D eigenvalue weighted by molar-refractivity contribution is 4.63. The van der Waals surface area contributed by atoms with Gasteiger partial charge in [0.05, 0.1) is 26.4 Å². The van der Waals surface area contributed by atoms with E-state index in [0.29, 0.717) is 0 Å². The number of hydrogen-bond acceptors (Lipinski definition) is 8. The van der Waals surface area contributed by atoms with Crippen molar-refractivity contribution < 1.29 is 40.9 Å². The van der Waals surface area contributed by atoms with Gasteiger partial charge in [-0.3, -0.25) is 0 Å². The smallest absolute Gasteiger partial charge is 0.105 e. The second kappa shape index (κ2) is 11.2. The summed E-state index contributed by atoms with van der Waals surface area (Å²) >= 11 is 0. The summed E-state index contributed by atoms with van der Waals surface area (Å²) in [6, 6.07) is 0. The van der Waals surface area contributed by atoms with Crippen LogP contribution in [0.4, 0.5) is 0 Å². The van der Waals surface area contributed by atoms with Crippen LogP contribution in [0.2, 0.25) is 0 Å². The minimum atomic E-state index is -1.22. The molecule has 0 bridgehead atoms. The lowest BCUT2D eigenvalue weighted by atomic mass is 10.2. The Morgan fingerprint density at radius 3 is 0.625 bits per heavy atom. The van der Waals surface area contributed by atoms with Crippen LogP contribution in [0.15, 0.2) is 0 Å². The molecule has 4 atom stereocenters. The lowest BCUT2D eigenvalue weighted by molar-refractivity contribution is -0.0388. The fraction of sp³-hybridized carbons (Fsp3) is 1.00. The number of rotatable bonds is 6. The SMILES string of the molecule is OC[C@H](O)[C@@H](O)CO.OC[C@H](O)[C@@H](O)CO. The third-order valence-electron chi connectivity index (χ3n) is 1.64. The first-order valence-corrected chi connectivity index (χ1v) is 4.60. The number of aliphatic hydroxyl groups is 8. The van der Waals surface area contributed by atoms with Crippen LogP contribution in [0.3, 0.4) is 0 Å². The monoisotopic (exact) mass is 244 g/mol. The summed E-state index contributed by atoms with van der Waals surface area (Å²) < 4.78 is 0. The summed E-state index contributed by atoms with van der Waals surface area (Å²) in [4.78, 5) is 0. The molecule has 16 heavy (non-hydrogen) atoms. The molecule has 8 heteroatoms. The van der Waals surface area contributed by atoms with E-state index in [4.69, 9.17) is 40.9 Å². The van der Waals surface area contributed by atoms with Crippen LogP contribution < -0.4 is 0 Å². The maximum Gasteiger partial charge on any atom is 0.105 e. The Morgan fingerprint density at radius 1 is 0.438 bits per heavy atom. The Morgan fingerprint density at radius 2 is 0.562 bits per heavy atom. The van der Waals surface area contributed by atoms with Gasteiger partial charge < -0.3 is 40.9 Å². The molecule has 8 nitrogen and oxygen atoms in total. The molecule has 0 saturated carbocycles. The van der Waals surface area contributed by atoms with Crippen molar-refractivity contribution in [3.63, 3.8) is 0 Å². The zero-order chi connectivity index (χ0) is 13.1. The van der Waals surface area contributed by atoms with Crippen LogP contribution in [0.25, 0.3) is 0 Å². The molecule has 0 amide bonds. The van der Waals surface area contributed by atoms with Crippen molar-refractivity contribution in [2.75, 3.05) is 26.4 Å². The van der Waals surface area contributed by atoms with Crippen molar-refractivity contribution >= 4 is 0 Å². The van der Waals surface area contributed by atoms with Crippen LogP contribution in [0.5, 0.6) is 0 Å². The topological polar surface area (TPSA) is 162 Å². The quantitative estimate of drug-likeness (QED) is 0.231. The molecular weight excluding hydrogens is 224 g/mol. The lowest BCUT2D eigenvalue weighted by Gasteiger charge is -2.10. The van der Waals surface area contributed by atoms with Gasteiger partial charge in [0.25, 0.3) is 0 Å². The van der Waals surface area contributed by atoms with Crippen LogP contribution in [-0.2, 0) is 0 Å². The molecule has 0 aliphatic carbocycles. The molecule has 100 valence electrons. The summed E-state index contributed by atoms with van der Waals surface area (Å²) in [5, 5.41) is 66.3. The maximum absolute atomic E-state index is 8.47. The molecule has 0 saturated heterocycles. The molecular formula is C8H20O8. The Bertz CT molecular complexity index is 112. The van der Waals surface area contributed by atoms with Crippen molar-refractivity contribution in [2.24, 2.45) is 0 Å². The fourth-order valence-electron chi connectivity index (χ4n) is 0.487. The first-order chi connectivity index (χ1) is 7.44. The normalized spacial score (nSPS) is 18.0. The highest BCUT2D eigenvalue weighted by Gasteiger charge is 2.12. The average molecular weight is 244 g/mol. The zero-order valence-corrected chi connectivity index (χ0v) is 8.72. The predicted octanol–water partition coefficient (Wildman–Crippen LogP) is -4.61. The molecule has 0 aliphatic rings. The second-order valence-electron chi connectivity index (χ2n) is 3.00. The van der Waals surface area contributed by atoms with Gasteiger partial charge >= 0.3 is 0 Å². The highest BCUT2D eigenvalue weighted by Crippen LogP contribution is 1.89. The third-order valence-corrected chi connectivity index (χ3v) is 1.64. The van der Waals surface area contributed by atoms with Crippen molar-refractivity contribution in [3.05, 3.63) is 0 Å². The summed E-state index contributed by atoms with van der Waals surface area (Å²) in [5.41, 5.74) is 0. The number of hydrogen-bond donors (Lipinski definition) is 8. The Kier molecular flexibility index (Phi) is 12.6. The van der Waals surface area contributed by atoms with Gasteiger partial charge in [-0.2, -0.15) is 0 Å². The fourth-order valence-corrected chi connectivity index (χ4v) is 0.487. The Balaban J connectivity index is 0. The van der Waals surface area contributed by atoms with Crippen molar-refractivity contribution in [1.82, 2.24) is 0 Å². The van der Waals surface area contributed by atoms with E-state index in [9.17, 15) is 0 Å². The van der Waals surface area contributed by atoms with Crippen molar-refractivity contribution in [2.45, 2.75) is 24.4 Å². The minimum Gasteiger partial charge on any atom is -0.394 e. The van der Waals surface area contributed by atoms with E-state index < -0.39 is 50.8 Å². The largest absolute Gasteiger partial charge is 0.394 e. The zero-order valence-electron chi connectivity index (χ0n) is 8.72. The Labute approximate surface area is 92.7 Å². The van der Waals surface area contributed by atoms with Gasteiger partial charge in [-0.25, -0.2) is 0 Å². The van der Waals surface area contributed by atoms with E-state index in [1.807, 2.05) is 0 Å². The van der Waals surface area contributed by atoms with Crippen LogP contribution in [0.1, 0.15) is 0 Å². The molecule has 0 rings (SSSR count). The van der Waals surface area contributed by atoms with Crippen LogP contribution in [-0.4, -0.2) is 91.7 Å². The molecule has 0 aromatic rings. The second-order valence-corrected chi connectivity index (χ2v) is 3.00. The first-order valence-electron chi connectivity index (χ1n) is 4.60. The molecule has 0 aliphatic heterocycles. The van der Waals surface area contributed by atoms with E-state index in [2.05, 4.69) is 0 Å². The number of aliphatic hydroxyl groups excluding tert-OH is 8. The van der Waals surface area contributed by atoms with E-state index >= 15 is 0 Å². The van der Waals surface area contributed by atoms with Gasteiger partial charge in [0.15, 0.2) is 0 Å². The Hall–Kier alpha value is -0.320. The van der Waals surface area contributed by atoms with Crippen molar-refractivity contribution in [3.8, 4) is 0 Å². The van der Waals surface area contributed by atoms with E-state index in [1.54, 1.807) is 0 Å². The molecule has 0 aromatic heterocycles. The lowest BCUT2D eigenvalue weighted by Crippen LogP contribution is -2.31. The van der Waals surface area contributed by atoms with E-state index in [-0.39, 0.29) is 0 Å². The summed E-state index contributed by atoms with van der Waals surface area (Å²) in [5.74, 6) is 0. The summed E-state index contributed by atoms with van der Waals surface area (Å²) in [6.45, 7) is -2.10. The molecule has 0 radical (unpaired) electrons. The van der Waals surface area contributed by atoms with Crippen LogP contribution >= 0.6 is 0 Å². The first kappa shape index (κ1) is 18.1. The molecule has 0 unspecified atom stereocenters. The molecule has 0 aromatic carbocycles. The predicted molar refractivity (Wildman–Crippen MR) is 52.4 cm³/mol. The highest BCUT2D eigenvalue weighted by atomic mass is 16.4. The standard InChI is InChI=1S/2C4H10O4/c2*5-1-3(7)4(8)2-6/h2*3-8H,1-2H2/t2*3-,4-/m00/s1. The molecule has 0 spiro atoms. The van der Waals surface area contributed by atoms with E-state index in [0.717, 1.165) is 0 Å². The van der Waals surface area contributed by atoms with Gasteiger partial charge in [0, 0.05) is 0 Å². The van der Waals surface area contributed by atoms with Gasteiger partial charge in [-0.15, -0.1) is 0 Å². The maximum atomic E-state index is 8.47. The van der Waals surface area contributed by atoms with Gasteiger partial charge in [0.1, 0.15) is 24.4 Å². The molecule has 0 fully saturated rings. The minimum absolute atomic E-state index is 0.526. The summed E-state index contributed by atoms with van der Waals surface area (Å²) in [6.07, 6.45) is -4.89. The molecule has 0 heterocycles.